The van der Waals surface area contributed by atoms with Crippen molar-refractivity contribution in [1.82, 2.24) is 0 Å². The highest BCUT2D eigenvalue weighted by Crippen LogP contribution is 2.23. The lowest BCUT2D eigenvalue weighted by Crippen LogP contribution is -1.97. The second kappa shape index (κ2) is 4.47. The van der Waals surface area contributed by atoms with E-state index in [1.807, 2.05) is 11.4 Å². The molecule has 0 aliphatic rings. The molecule has 1 nitrogen and oxygen atoms in total. The van der Waals surface area contributed by atoms with Crippen molar-refractivity contribution in [3.8, 4) is 0 Å². The molecule has 1 heterocycles. The zero-order valence-corrected chi connectivity index (χ0v) is 10.7. The molecule has 2 rings (SSSR count). The van der Waals surface area contributed by atoms with E-state index in [4.69, 9.17) is 11.6 Å². The molecule has 2 aromatic rings. The second-order valence-electron chi connectivity index (χ2n) is 2.97. The van der Waals surface area contributed by atoms with Gasteiger partial charge in [-0.3, -0.25) is 4.79 Å². The van der Waals surface area contributed by atoms with E-state index in [1.165, 1.54) is 11.3 Å². The zero-order chi connectivity index (χ0) is 10.8. The van der Waals surface area contributed by atoms with Gasteiger partial charge in [0.05, 0.1) is 4.88 Å². The fourth-order valence-electron chi connectivity index (χ4n) is 1.20. The number of carbonyl (C=O) groups is 1. The molecule has 0 radical (unpaired) electrons. The summed E-state index contributed by atoms with van der Waals surface area (Å²) in [5, 5.41) is 2.47. The smallest absolute Gasteiger partial charge is 0.203 e. The minimum Gasteiger partial charge on any atom is -0.288 e. The maximum atomic E-state index is 11.9. The van der Waals surface area contributed by atoms with E-state index in [1.54, 1.807) is 24.3 Å². The fraction of sp³-hybridized carbons (Fsp3) is 0. The van der Waals surface area contributed by atoms with Gasteiger partial charge in [0.2, 0.25) is 5.78 Å². The van der Waals surface area contributed by atoms with Crippen LogP contribution in [0.5, 0.6) is 0 Å². The Labute approximate surface area is 105 Å². The zero-order valence-electron chi connectivity index (χ0n) is 7.54. The summed E-state index contributed by atoms with van der Waals surface area (Å²) in [5.41, 5.74) is 0.622. The van der Waals surface area contributed by atoms with Crippen LogP contribution in [0.2, 0.25) is 5.02 Å². The van der Waals surface area contributed by atoms with Gasteiger partial charge in [-0.2, -0.15) is 0 Å². The SMILES string of the molecule is O=C(c1cccc(Cl)c1)c1cc(Br)cs1. The molecule has 0 saturated carbocycles. The van der Waals surface area contributed by atoms with Crippen LogP contribution in [0.4, 0.5) is 0 Å². The van der Waals surface area contributed by atoms with Crippen molar-refractivity contribution in [3.63, 3.8) is 0 Å². The highest BCUT2D eigenvalue weighted by atomic mass is 79.9. The predicted octanol–water partition coefficient (Wildman–Crippen LogP) is 4.40. The van der Waals surface area contributed by atoms with E-state index in [9.17, 15) is 4.79 Å². The van der Waals surface area contributed by atoms with Crippen molar-refractivity contribution in [2.45, 2.75) is 0 Å². The lowest BCUT2D eigenvalue weighted by molar-refractivity contribution is 0.104. The van der Waals surface area contributed by atoms with Gasteiger partial charge in [0.1, 0.15) is 0 Å². The van der Waals surface area contributed by atoms with E-state index in [2.05, 4.69) is 15.9 Å². The molecule has 0 unspecified atom stereocenters. The highest BCUT2D eigenvalue weighted by Gasteiger charge is 2.11. The Morgan fingerprint density at radius 2 is 2.13 bits per heavy atom. The molecular formula is C11H6BrClOS. The summed E-state index contributed by atoms with van der Waals surface area (Å²) < 4.78 is 0.929. The second-order valence-corrected chi connectivity index (χ2v) is 5.23. The summed E-state index contributed by atoms with van der Waals surface area (Å²) >= 11 is 10.6. The van der Waals surface area contributed by atoms with Gasteiger partial charge < -0.3 is 0 Å². The summed E-state index contributed by atoms with van der Waals surface area (Å²) in [4.78, 5) is 12.7. The van der Waals surface area contributed by atoms with E-state index in [0.717, 1.165) is 4.47 Å². The van der Waals surface area contributed by atoms with E-state index in [0.29, 0.717) is 15.5 Å². The van der Waals surface area contributed by atoms with Gasteiger partial charge in [0.15, 0.2) is 0 Å². The normalized spacial score (nSPS) is 10.3. The van der Waals surface area contributed by atoms with Gasteiger partial charge in [-0.05, 0) is 34.1 Å². The molecule has 0 N–H and O–H groups in total. The Kier molecular flexibility index (Phi) is 3.24. The maximum absolute atomic E-state index is 11.9. The van der Waals surface area contributed by atoms with E-state index in [-0.39, 0.29) is 5.78 Å². The molecule has 1 aromatic carbocycles. The van der Waals surface area contributed by atoms with Crippen molar-refractivity contribution < 1.29 is 4.79 Å². The van der Waals surface area contributed by atoms with Gasteiger partial charge in [0, 0.05) is 20.4 Å². The maximum Gasteiger partial charge on any atom is 0.203 e. The number of hydrogen-bond acceptors (Lipinski definition) is 2. The lowest BCUT2D eigenvalue weighted by Gasteiger charge is -1.97. The average Bonchev–Trinajstić information content (AvgIpc) is 2.64. The Bertz CT molecular complexity index is 507. The van der Waals surface area contributed by atoms with Crippen LogP contribution in [0.25, 0.3) is 0 Å². The number of benzene rings is 1. The van der Waals surface area contributed by atoms with Gasteiger partial charge >= 0.3 is 0 Å². The first-order valence-corrected chi connectivity index (χ1v) is 6.26. The number of ketones is 1. The van der Waals surface area contributed by atoms with Crippen LogP contribution >= 0.6 is 38.9 Å². The molecule has 0 spiro atoms. The lowest BCUT2D eigenvalue weighted by atomic mass is 10.1. The van der Waals surface area contributed by atoms with E-state index < -0.39 is 0 Å². The summed E-state index contributed by atoms with van der Waals surface area (Å²) in [7, 11) is 0. The van der Waals surface area contributed by atoms with Gasteiger partial charge in [-0.25, -0.2) is 0 Å². The molecule has 76 valence electrons. The van der Waals surface area contributed by atoms with Crippen LogP contribution in [-0.4, -0.2) is 5.78 Å². The van der Waals surface area contributed by atoms with Crippen LogP contribution in [0.3, 0.4) is 0 Å². The van der Waals surface area contributed by atoms with Crippen molar-refractivity contribution >= 4 is 44.7 Å². The van der Waals surface area contributed by atoms with Crippen LogP contribution < -0.4 is 0 Å². The van der Waals surface area contributed by atoms with Crippen LogP contribution in [0.1, 0.15) is 15.2 Å². The minimum absolute atomic E-state index is 0.00759. The summed E-state index contributed by atoms with van der Waals surface area (Å²) in [5.74, 6) is 0.00759. The summed E-state index contributed by atoms with van der Waals surface area (Å²) in [6.45, 7) is 0. The number of halogens is 2. The number of hydrogen-bond donors (Lipinski definition) is 0. The van der Waals surface area contributed by atoms with Crippen LogP contribution in [0, 0.1) is 0 Å². The third kappa shape index (κ3) is 2.48. The molecule has 0 fully saturated rings. The first-order valence-electron chi connectivity index (χ1n) is 4.21. The minimum atomic E-state index is 0.00759. The van der Waals surface area contributed by atoms with Gasteiger partial charge in [-0.1, -0.05) is 23.7 Å². The third-order valence-electron chi connectivity index (χ3n) is 1.88. The molecule has 4 heteroatoms. The molecule has 1 aromatic heterocycles. The Balaban J connectivity index is 2.36. The monoisotopic (exact) mass is 300 g/mol. The Hall–Kier alpha value is -0.640. The number of rotatable bonds is 2. The van der Waals surface area contributed by atoms with Crippen LogP contribution in [0.15, 0.2) is 40.2 Å². The van der Waals surface area contributed by atoms with Crippen LogP contribution in [-0.2, 0) is 0 Å². The molecular weight excluding hydrogens is 296 g/mol. The average molecular weight is 302 g/mol. The van der Waals surface area contributed by atoms with Crippen molar-refractivity contribution in [3.05, 3.63) is 55.6 Å². The molecule has 0 bridgehead atoms. The van der Waals surface area contributed by atoms with E-state index >= 15 is 0 Å². The summed E-state index contributed by atoms with van der Waals surface area (Å²) in [6, 6.07) is 8.79. The predicted molar refractivity (Wildman–Crippen MR) is 66.9 cm³/mol. The van der Waals surface area contributed by atoms with Gasteiger partial charge in [-0.15, -0.1) is 11.3 Å². The molecule has 0 aliphatic heterocycles. The number of thiophene rings is 1. The summed E-state index contributed by atoms with van der Waals surface area (Å²) in [6.07, 6.45) is 0. The molecule has 0 saturated heterocycles. The first-order chi connectivity index (χ1) is 7.16. The van der Waals surface area contributed by atoms with Crippen molar-refractivity contribution in [2.24, 2.45) is 0 Å². The standard InChI is InChI=1S/C11H6BrClOS/c12-8-5-10(15-6-8)11(14)7-2-1-3-9(13)4-7/h1-6H. The molecule has 0 atom stereocenters. The van der Waals surface area contributed by atoms with Crippen molar-refractivity contribution in [2.75, 3.05) is 0 Å². The van der Waals surface area contributed by atoms with Gasteiger partial charge in [0.25, 0.3) is 0 Å². The number of carbonyl (C=O) groups excluding carboxylic acids is 1. The third-order valence-corrected chi connectivity index (χ3v) is 3.80. The highest BCUT2D eigenvalue weighted by molar-refractivity contribution is 9.10. The molecule has 0 amide bonds. The van der Waals surface area contributed by atoms with Crippen molar-refractivity contribution in [1.29, 1.82) is 0 Å². The Morgan fingerprint density at radius 1 is 1.33 bits per heavy atom. The topological polar surface area (TPSA) is 17.1 Å². The molecule has 0 aliphatic carbocycles. The molecule has 15 heavy (non-hydrogen) atoms. The first kappa shape index (κ1) is 10.9. The largest absolute Gasteiger partial charge is 0.288 e. The fourth-order valence-corrected chi connectivity index (χ4v) is 2.78. The quantitative estimate of drug-likeness (QED) is 0.752. The Morgan fingerprint density at radius 3 is 2.73 bits per heavy atom.